The monoisotopic (exact) mass is 789 g/mol. The largest absolute Gasteiger partial charge is 0.462 e. The minimum atomic E-state index is -0.769. The molecule has 0 heterocycles. The Morgan fingerprint density at radius 2 is 0.625 bits per heavy atom. The summed E-state index contributed by atoms with van der Waals surface area (Å²) in [7, 11) is 0. The van der Waals surface area contributed by atoms with Gasteiger partial charge in [-0.1, -0.05) is 199 Å². The number of rotatable bonds is 44. The molecule has 0 radical (unpaired) electrons. The van der Waals surface area contributed by atoms with Gasteiger partial charge in [0.05, 0.1) is 0 Å². The minimum absolute atomic E-state index is 0.0732. The lowest BCUT2D eigenvalue weighted by Crippen LogP contribution is -2.30. The Morgan fingerprint density at radius 1 is 0.339 bits per heavy atom. The number of carbonyl (C=O) groups is 3. The molecule has 0 N–H and O–H groups in total. The third-order valence-corrected chi connectivity index (χ3v) is 10.7. The van der Waals surface area contributed by atoms with Crippen LogP contribution in [0.15, 0.2) is 24.3 Å². The van der Waals surface area contributed by atoms with Gasteiger partial charge in [-0.2, -0.15) is 0 Å². The zero-order chi connectivity index (χ0) is 40.8. The Morgan fingerprint density at radius 3 is 0.964 bits per heavy atom. The number of esters is 3. The van der Waals surface area contributed by atoms with Crippen LogP contribution in [0.1, 0.15) is 258 Å². The van der Waals surface area contributed by atoms with Crippen molar-refractivity contribution in [2.75, 3.05) is 13.2 Å². The highest BCUT2D eigenvalue weighted by molar-refractivity contribution is 5.71. The second-order valence-electron chi connectivity index (χ2n) is 16.4. The van der Waals surface area contributed by atoms with Crippen LogP contribution in [0.4, 0.5) is 0 Å². The molecule has 6 heteroatoms. The van der Waals surface area contributed by atoms with E-state index in [-0.39, 0.29) is 31.1 Å². The molecular formula is C50H92O6. The first kappa shape index (κ1) is 53.9. The molecule has 0 fully saturated rings. The third-order valence-electron chi connectivity index (χ3n) is 10.7. The van der Waals surface area contributed by atoms with E-state index in [1.807, 2.05) is 0 Å². The van der Waals surface area contributed by atoms with Gasteiger partial charge in [-0.3, -0.25) is 14.4 Å². The molecule has 0 amide bonds. The number of allylic oxidation sites excluding steroid dienone is 4. The molecule has 0 aliphatic carbocycles. The van der Waals surface area contributed by atoms with Gasteiger partial charge in [-0.05, 0) is 64.2 Å². The summed E-state index contributed by atoms with van der Waals surface area (Å²) in [6, 6.07) is 0. The molecule has 0 aliphatic heterocycles. The maximum atomic E-state index is 12.7. The van der Waals surface area contributed by atoms with Gasteiger partial charge in [0, 0.05) is 19.3 Å². The zero-order valence-electron chi connectivity index (χ0n) is 37.4. The number of hydrogen-bond donors (Lipinski definition) is 0. The average Bonchev–Trinajstić information content (AvgIpc) is 3.19. The first-order chi connectivity index (χ1) is 27.5. The van der Waals surface area contributed by atoms with Crippen molar-refractivity contribution in [3.05, 3.63) is 24.3 Å². The van der Waals surface area contributed by atoms with E-state index in [0.29, 0.717) is 19.3 Å². The molecule has 0 saturated heterocycles. The van der Waals surface area contributed by atoms with Gasteiger partial charge in [0.2, 0.25) is 0 Å². The highest BCUT2D eigenvalue weighted by atomic mass is 16.6. The van der Waals surface area contributed by atoms with Gasteiger partial charge in [-0.25, -0.2) is 0 Å². The Labute approximate surface area is 347 Å². The van der Waals surface area contributed by atoms with Crippen LogP contribution in [-0.4, -0.2) is 37.2 Å². The first-order valence-electron chi connectivity index (χ1n) is 24.3. The van der Waals surface area contributed by atoms with Crippen LogP contribution in [0.2, 0.25) is 0 Å². The zero-order valence-corrected chi connectivity index (χ0v) is 37.4. The van der Waals surface area contributed by atoms with Gasteiger partial charge in [0.25, 0.3) is 0 Å². The average molecular weight is 789 g/mol. The summed E-state index contributed by atoms with van der Waals surface area (Å²) in [5.74, 6) is -0.881. The molecule has 1 atom stereocenters. The molecule has 0 aliphatic rings. The first-order valence-corrected chi connectivity index (χ1v) is 24.3. The smallest absolute Gasteiger partial charge is 0.306 e. The van der Waals surface area contributed by atoms with Gasteiger partial charge >= 0.3 is 17.9 Å². The van der Waals surface area contributed by atoms with Crippen molar-refractivity contribution in [3.8, 4) is 0 Å². The summed E-state index contributed by atoms with van der Waals surface area (Å²) in [6.45, 7) is 6.57. The molecule has 0 spiro atoms. The SMILES string of the molecule is CCC/C=C\CCCCCCCC(=O)OCC(COC(=O)CCCCCCCCC/C=C\CCCCCCCC)OC(=O)CCCCCCCCCCCCC. The van der Waals surface area contributed by atoms with Crippen molar-refractivity contribution in [2.45, 2.75) is 264 Å². The number of hydrogen-bond acceptors (Lipinski definition) is 6. The molecule has 56 heavy (non-hydrogen) atoms. The Kier molecular flexibility index (Phi) is 43.9. The molecule has 6 nitrogen and oxygen atoms in total. The summed E-state index contributed by atoms with van der Waals surface area (Å²) in [5.41, 5.74) is 0. The fraction of sp³-hybridized carbons (Fsp3) is 0.860. The molecule has 0 aromatic heterocycles. The quantitative estimate of drug-likeness (QED) is 0.0265. The highest BCUT2D eigenvalue weighted by Crippen LogP contribution is 2.15. The van der Waals surface area contributed by atoms with Gasteiger partial charge < -0.3 is 14.2 Å². The highest BCUT2D eigenvalue weighted by Gasteiger charge is 2.19. The molecule has 0 saturated carbocycles. The standard InChI is InChI=1S/C50H92O6/c1-4-7-10-13-16-19-22-23-24-25-26-27-29-31-34-37-40-43-49(52)55-46-47(45-54-48(51)42-39-36-33-30-21-18-15-12-9-6-3)56-50(53)44-41-38-35-32-28-20-17-14-11-8-5-2/h12,15,23-24,47H,4-11,13-14,16-22,25-46H2,1-3H3/b15-12-,24-23-. The Balaban J connectivity index is 4.30. The van der Waals surface area contributed by atoms with Gasteiger partial charge in [0.15, 0.2) is 6.10 Å². The summed E-state index contributed by atoms with van der Waals surface area (Å²) in [6.07, 6.45) is 50.2. The molecule has 0 aromatic rings. The van der Waals surface area contributed by atoms with E-state index in [9.17, 15) is 14.4 Å². The van der Waals surface area contributed by atoms with Crippen LogP contribution in [0, 0.1) is 0 Å². The molecule has 0 rings (SSSR count). The molecule has 328 valence electrons. The summed E-state index contributed by atoms with van der Waals surface area (Å²) in [5, 5.41) is 0. The van der Waals surface area contributed by atoms with Crippen molar-refractivity contribution in [3.63, 3.8) is 0 Å². The van der Waals surface area contributed by atoms with Crippen LogP contribution in [0.3, 0.4) is 0 Å². The van der Waals surface area contributed by atoms with Gasteiger partial charge in [-0.15, -0.1) is 0 Å². The van der Waals surface area contributed by atoms with Crippen molar-refractivity contribution < 1.29 is 28.6 Å². The van der Waals surface area contributed by atoms with Crippen LogP contribution in [0.25, 0.3) is 0 Å². The maximum Gasteiger partial charge on any atom is 0.306 e. The van der Waals surface area contributed by atoms with Crippen LogP contribution in [-0.2, 0) is 28.6 Å². The minimum Gasteiger partial charge on any atom is -0.462 e. The lowest BCUT2D eigenvalue weighted by atomic mass is 10.1. The normalized spacial score (nSPS) is 12.1. The van der Waals surface area contributed by atoms with Crippen molar-refractivity contribution >= 4 is 17.9 Å². The van der Waals surface area contributed by atoms with Crippen LogP contribution in [0.5, 0.6) is 0 Å². The van der Waals surface area contributed by atoms with Crippen LogP contribution >= 0.6 is 0 Å². The number of ether oxygens (including phenoxy) is 3. The maximum absolute atomic E-state index is 12.7. The van der Waals surface area contributed by atoms with Crippen molar-refractivity contribution in [1.29, 1.82) is 0 Å². The lowest BCUT2D eigenvalue weighted by molar-refractivity contribution is -0.167. The van der Waals surface area contributed by atoms with Gasteiger partial charge in [0.1, 0.15) is 13.2 Å². The third kappa shape index (κ3) is 43.0. The van der Waals surface area contributed by atoms with E-state index < -0.39 is 6.10 Å². The van der Waals surface area contributed by atoms with Crippen molar-refractivity contribution in [2.24, 2.45) is 0 Å². The second kappa shape index (κ2) is 45.6. The fourth-order valence-electron chi connectivity index (χ4n) is 6.97. The number of unbranched alkanes of at least 4 members (excludes halogenated alkanes) is 29. The van der Waals surface area contributed by atoms with Crippen molar-refractivity contribution in [1.82, 2.24) is 0 Å². The van der Waals surface area contributed by atoms with Crippen LogP contribution < -0.4 is 0 Å². The lowest BCUT2D eigenvalue weighted by Gasteiger charge is -2.18. The molecular weight excluding hydrogens is 697 g/mol. The number of carbonyl (C=O) groups excluding carboxylic acids is 3. The van der Waals surface area contributed by atoms with E-state index in [0.717, 1.165) is 70.6 Å². The van der Waals surface area contributed by atoms with E-state index in [1.54, 1.807) is 0 Å². The predicted octanol–water partition coefficient (Wildman–Crippen LogP) is 15.6. The summed E-state index contributed by atoms with van der Waals surface area (Å²) >= 11 is 0. The van der Waals surface area contributed by atoms with E-state index >= 15 is 0 Å². The second-order valence-corrected chi connectivity index (χ2v) is 16.4. The molecule has 0 bridgehead atoms. The molecule has 1 unspecified atom stereocenters. The summed E-state index contributed by atoms with van der Waals surface area (Å²) < 4.78 is 16.7. The van der Waals surface area contributed by atoms with E-state index in [2.05, 4.69) is 45.1 Å². The summed E-state index contributed by atoms with van der Waals surface area (Å²) in [4.78, 5) is 37.8. The van der Waals surface area contributed by atoms with E-state index in [4.69, 9.17) is 14.2 Å². The molecule has 0 aromatic carbocycles. The predicted molar refractivity (Wildman–Crippen MR) is 238 cm³/mol. The topological polar surface area (TPSA) is 78.9 Å². The van der Waals surface area contributed by atoms with E-state index in [1.165, 1.54) is 148 Å². The fourth-order valence-corrected chi connectivity index (χ4v) is 6.97. The Hall–Kier alpha value is -2.11. The Bertz CT molecular complexity index is 911.